The number of anilines is 4. The van der Waals surface area contributed by atoms with Crippen LogP contribution in [0.1, 0.15) is 5.56 Å². The van der Waals surface area contributed by atoms with Crippen molar-refractivity contribution >= 4 is 58.0 Å². The summed E-state index contributed by atoms with van der Waals surface area (Å²) in [6.45, 7) is 0. The lowest BCUT2D eigenvalue weighted by Crippen LogP contribution is -2.54. The minimum Gasteiger partial charge on any atom is -0.507 e. The number of aromatic hydroxyl groups is 1. The molecule has 8 nitrogen and oxygen atoms in total. The predicted octanol–water partition coefficient (Wildman–Crippen LogP) is 5.34. The molecule has 1 saturated heterocycles. The zero-order chi connectivity index (χ0) is 26.6. The molecule has 1 heterocycles. The smallest absolute Gasteiger partial charge is 0.270 e. The van der Waals surface area contributed by atoms with E-state index in [4.69, 9.17) is 22.7 Å². The molecule has 0 saturated carbocycles. The summed E-state index contributed by atoms with van der Waals surface area (Å²) in [5.74, 6) is -0.118. The summed E-state index contributed by atoms with van der Waals surface area (Å²) in [6.07, 6.45) is 1.33. The third-order valence-electron chi connectivity index (χ3n) is 5.71. The van der Waals surface area contributed by atoms with Crippen molar-refractivity contribution in [2.75, 3.05) is 16.0 Å². The Morgan fingerprint density at radius 2 is 1.53 bits per heavy atom. The quantitative estimate of drug-likeness (QED) is 0.117. The number of phenols is 1. The average molecular weight is 523 g/mol. The van der Waals surface area contributed by atoms with E-state index in [2.05, 4.69) is 10.6 Å². The molecular weight excluding hydrogens is 500 g/mol. The number of nitrogens with zero attached hydrogens (tertiary/aromatic N) is 1. The Labute approximate surface area is 224 Å². The van der Waals surface area contributed by atoms with E-state index in [-0.39, 0.29) is 16.4 Å². The van der Waals surface area contributed by atoms with Crippen LogP contribution in [0.3, 0.4) is 0 Å². The van der Waals surface area contributed by atoms with Crippen LogP contribution in [0.4, 0.5) is 22.7 Å². The fraction of sp³-hybridized carbons (Fsp3) is 0. The van der Waals surface area contributed by atoms with Crippen LogP contribution in [0.15, 0.2) is 103 Å². The topological polar surface area (TPSA) is 117 Å². The number of carbonyl (C=O) groups is 2. The van der Waals surface area contributed by atoms with Crippen LogP contribution in [0, 0.1) is 0 Å². The molecule has 0 unspecified atom stereocenters. The van der Waals surface area contributed by atoms with Gasteiger partial charge in [0.25, 0.3) is 11.8 Å². The molecule has 0 spiro atoms. The van der Waals surface area contributed by atoms with Crippen molar-refractivity contribution in [3.8, 4) is 17.2 Å². The summed E-state index contributed by atoms with van der Waals surface area (Å²) in [5.41, 5.74) is 8.35. The second-order valence-corrected chi connectivity index (χ2v) is 8.77. The van der Waals surface area contributed by atoms with Crippen LogP contribution < -0.4 is 26.0 Å². The molecule has 0 aliphatic carbocycles. The SMILES string of the molecule is Nc1ccc(Nc2ccc(/C=C3\C(=O)NC(=S)N(c4ccc(Oc5ccccc5)cc4)C3=O)c(O)c2)cc1. The average Bonchev–Trinajstić information content (AvgIpc) is 2.90. The van der Waals surface area contributed by atoms with Crippen LogP contribution in [-0.2, 0) is 9.59 Å². The number of nitrogens with two attached hydrogens (primary N) is 1. The van der Waals surface area contributed by atoms with E-state index >= 15 is 0 Å². The van der Waals surface area contributed by atoms with Crippen molar-refractivity contribution in [1.82, 2.24) is 5.32 Å². The maximum Gasteiger partial charge on any atom is 0.270 e. The van der Waals surface area contributed by atoms with Gasteiger partial charge >= 0.3 is 0 Å². The van der Waals surface area contributed by atoms with Crippen molar-refractivity contribution in [3.63, 3.8) is 0 Å². The lowest BCUT2D eigenvalue weighted by Gasteiger charge is -2.29. The van der Waals surface area contributed by atoms with Gasteiger partial charge in [-0.2, -0.15) is 0 Å². The molecule has 5 N–H and O–H groups in total. The first-order valence-corrected chi connectivity index (χ1v) is 12.0. The van der Waals surface area contributed by atoms with Crippen LogP contribution in [0.5, 0.6) is 17.2 Å². The summed E-state index contributed by atoms with van der Waals surface area (Å²) in [6, 6.07) is 28.0. The highest BCUT2D eigenvalue weighted by Gasteiger charge is 2.34. The molecule has 1 fully saturated rings. The molecule has 5 rings (SSSR count). The van der Waals surface area contributed by atoms with Crippen molar-refractivity contribution in [1.29, 1.82) is 0 Å². The van der Waals surface area contributed by atoms with Gasteiger partial charge in [0.1, 0.15) is 22.8 Å². The largest absolute Gasteiger partial charge is 0.507 e. The van der Waals surface area contributed by atoms with Gasteiger partial charge in [0.05, 0.1) is 5.69 Å². The molecule has 4 aromatic rings. The standard InChI is InChI=1S/C29H22N4O4S/c30-19-7-10-20(11-8-19)31-21-9-6-18(26(34)17-21)16-25-27(35)32-29(38)33(28(25)36)22-12-14-24(15-13-22)37-23-4-2-1-3-5-23/h1-17,31,34H,30H2,(H,32,35,38)/b25-16+. The van der Waals surface area contributed by atoms with Crippen LogP contribution in [0.25, 0.3) is 6.08 Å². The molecule has 0 bridgehead atoms. The fourth-order valence-electron chi connectivity index (χ4n) is 3.81. The molecule has 9 heteroatoms. The Kier molecular flexibility index (Phi) is 6.75. The summed E-state index contributed by atoms with van der Waals surface area (Å²) in [4.78, 5) is 27.2. The first kappa shape index (κ1) is 24.5. The van der Waals surface area contributed by atoms with E-state index in [0.717, 1.165) is 5.69 Å². The summed E-state index contributed by atoms with van der Waals surface area (Å²) in [7, 11) is 0. The molecule has 38 heavy (non-hydrogen) atoms. The van der Waals surface area contributed by atoms with Crippen LogP contribution in [-0.4, -0.2) is 22.0 Å². The van der Waals surface area contributed by atoms with Gasteiger partial charge in [0, 0.05) is 28.7 Å². The molecule has 4 aromatic carbocycles. The van der Waals surface area contributed by atoms with Crippen molar-refractivity contribution < 1.29 is 19.4 Å². The van der Waals surface area contributed by atoms with E-state index < -0.39 is 11.8 Å². The Hall–Kier alpha value is -5.15. The number of thiocarbonyl (C=S) groups is 1. The van der Waals surface area contributed by atoms with Gasteiger partial charge in [0.2, 0.25) is 0 Å². The number of para-hydroxylation sites is 1. The highest BCUT2D eigenvalue weighted by atomic mass is 32.1. The van der Waals surface area contributed by atoms with E-state index in [0.29, 0.717) is 34.1 Å². The van der Waals surface area contributed by atoms with Gasteiger partial charge in [-0.1, -0.05) is 18.2 Å². The predicted molar refractivity (Wildman–Crippen MR) is 151 cm³/mol. The molecule has 188 valence electrons. The molecular formula is C29H22N4O4S. The Morgan fingerprint density at radius 3 is 2.21 bits per heavy atom. The number of ether oxygens (including phenoxy) is 1. The van der Waals surface area contributed by atoms with Gasteiger partial charge in [-0.15, -0.1) is 0 Å². The van der Waals surface area contributed by atoms with E-state index in [1.54, 1.807) is 48.5 Å². The highest BCUT2D eigenvalue weighted by molar-refractivity contribution is 7.80. The molecule has 2 amide bonds. The first-order valence-electron chi connectivity index (χ1n) is 11.6. The van der Waals surface area contributed by atoms with Gasteiger partial charge in [0.15, 0.2) is 5.11 Å². The lowest BCUT2D eigenvalue weighted by molar-refractivity contribution is -0.122. The third-order valence-corrected chi connectivity index (χ3v) is 5.99. The highest BCUT2D eigenvalue weighted by Crippen LogP contribution is 2.30. The number of nitrogen functional groups attached to an aromatic ring is 1. The number of rotatable bonds is 6. The zero-order valence-corrected chi connectivity index (χ0v) is 20.7. The number of nitrogens with one attached hydrogen (secondary N) is 2. The van der Waals surface area contributed by atoms with Crippen LogP contribution >= 0.6 is 12.2 Å². The minimum absolute atomic E-state index is 0.0406. The van der Waals surface area contributed by atoms with Crippen molar-refractivity contribution in [2.24, 2.45) is 0 Å². The van der Waals surface area contributed by atoms with E-state index in [9.17, 15) is 14.7 Å². The van der Waals surface area contributed by atoms with E-state index in [1.807, 2.05) is 42.5 Å². The Balaban J connectivity index is 1.36. The van der Waals surface area contributed by atoms with Gasteiger partial charge < -0.3 is 20.9 Å². The second kappa shape index (κ2) is 10.5. The van der Waals surface area contributed by atoms with Crippen molar-refractivity contribution in [3.05, 3.63) is 108 Å². The summed E-state index contributed by atoms with van der Waals surface area (Å²) in [5, 5.41) is 16.3. The zero-order valence-electron chi connectivity index (χ0n) is 19.9. The fourth-order valence-corrected chi connectivity index (χ4v) is 4.09. The third kappa shape index (κ3) is 5.32. The maximum absolute atomic E-state index is 13.3. The molecule has 0 aromatic heterocycles. The molecule has 1 aliphatic heterocycles. The Bertz CT molecular complexity index is 1550. The monoisotopic (exact) mass is 522 g/mol. The number of phenolic OH excluding ortho intramolecular Hbond substituents is 1. The number of carbonyl (C=O) groups excluding carboxylic acids is 2. The van der Waals surface area contributed by atoms with Gasteiger partial charge in [-0.25, -0.2) is 0 Å². The van der Waals surface area contributed by atoms with E-state index in [1.165, 1.54) is 17.0 Å². The maximum atomic E-state index is 13.3. The Morgan fingerprint density at radius 1 is 0.868 bits per heavy atom. The second-order valence-electron chi connectivity index (χ2n) is 8.39. The number of hydrogen-bond donors (Lipinski definition) is 4. The van der Waals surface area contributed by atoms with Gasteiger partial charge in [-0.3, -0.25) is 19.8 Å². The lowest BCUT2D eigenvalue weighted by atomic mass is 10.1. The minimum atomic E-state index is -0.649. The van der Waals surface area contributed by atoms with Crippen LogP contribution in [0.2, 0.25) is 0 Å². The van der Waals surface area contributed by atoms with Crippen molar-refractivity contribution in [2.45, 2.75) is 0 Å². The molecule has 1 aliphatic rings. The summed E-state index contributed by atoms with van der Waals surface area (Å²) >= 11 is 5.28. The number of benzene rings is 4. The van der Waals surface area contributed by atoms with Gasteiger partial charge in [-0.05, 0) is 91.1 Å². The molecule has 0 atom stereocenters. The number of amides is 2. The summed E-state index contributed by atoms with van der Waals surface area (Å²) < 4.78 is 5.80. The number of hydrogen-bond acceptors (Lipinski definition) is 7. The normalized spacial score (nSPS) is 14.4. The molecule has 0 radical (unpaired) electrons. The first-order chi connectivity index (χ1) is 18.4.